The maximum Gasteiger partial charge on any atom is 0.233 e. The maximum atomic E-state index is 11.5. The minimum atomic E-state index is 0.0737. The average Bonchev–Trinajstić information content (AvgIpc) is 2.45. The van der Waals surface area contributed by atoms with Crippen molar-refractivity contribution in [3.63, 3.8) is 0 Å². The summed E-state index contributed by atoms with van der Waals surface area (Å²) in [5, 5.41) is 6.07. The fraction of sp³-hybridized carbons (Fsp3) is 0.562. The average molecular weight is 275 g/mol. The summed E-state index contributed by atoms with van der Waals surface area (Å²) >= 11 is 0. The summed E-state index contributed by atoms with van der Waals surface area (Å²) in [6, 6.07) is 6.61. The number of carbonyl (C=O) groups excluding carboxylic acids is 1. The second kappa shape index (κ2) is 7.29. The van der Waals surface area contributed by atoms with Crippen molar-refractivity contribution in [2.75, 3.05) is 31.6 Å². The summed E-state index contributed by atoms with van der Waals surface area (Å²) in [5.74, 6) is 0.0737. The molecule has 0 saturated heterocycles. The van der Waals surface area contributed by atoms with Crippen LogP contribution in [0.15, 0.2) is 18.2 Å². The van der Waals surface area contributed by atoms with E-state index in [1.165, 1.54) is 23.2 Å². The molecule has 0 spiro atoms. The van der Waals surface area contributed by atoms with Crippen LogP contribution in [0.2, 0.25) is 0 Å². The number of amides is 1. The van der Waals surface area contributed by atoms with Gasteiger partial charge in [-0.3, -0.25) is 4.79 Å². The molecule has 0 radical (unpaired) electrons. The summed E-state index contributed by atoms with van der Waals surface area (Å²) in [5.41, 5.74) is 4.02. The quantitative estimate of drug-likeness (QED) is 0.830. The molecule has 0 aromatic heterocycles. The van der Waals surface area contributed by atoms with Crippen LogP contribution in [-0.4, -0.2) is 32.6 Å². The molecule has 0 bridgehead atoms. The summed E-state index contributed by atoms with van der Waals surface area (Å²) < 4.78 is 0. The molecule has 0 saturated carbocycles. The molecule has 0 unspecified atom stereocenters. The van der Waals surface area contributed by atoms with Gasteiger partial charge in [-0.15, -0.1) is 0 Å². The standard InChI is InChI=1S/C16H25N3O/c1-3-8-18-16(20)12-17-11-13-6-7-15-14(10-13)5-4-9-19(15)2/h6-7,10,17H,3-5,8-9,11-12H2,1-2H3,(H,18,20). The van der Waals surface area contributed by atoms with Crippen LogP contribution in [0.4, 0.5) is 5.69 Å². The van der Waals surface area contributed by atoms with Gasteiger partial charge in [-0.1, -0.05) is 19.1 Å². The second-order valence-electron chi connectivity index (χ2n) is 5.44. The monoisotopic (exact) mass is 275 g/mol. The molecule has 4 heteroatoms. The molecule has 4 nitrogen and oxygen atoms in total. The first-order valence-corrected chi connectivity index (χ1v) is 7.51. The number of fused-ring (bicyclic) bond motifs is 1. The van der Waals surface area contributed by atoms with Crippen LogP contribution in [0, 0.1) is 0 Å². The van der Waals surface area contributed by atoms with E-state index in [4.69, 9.17) is 0 Å². The summed E-state index contributed by atoms with van der Waals surface area (Å²) in [7, 11) is 2.15. The molecule has 110 valence electrons. The van der Waals surface area contributed by atoms with Gasteiger partial charge in [0.25, 0.3) is 0 Å². The van der Waals surface area contributed by atoms with Crippen LogP contribution in [0.1, 0.15) is 30.9 Å². The van der Waals surface area contributed by atoms with Gasteiger partial charge in [0, 0.05) is 32.4 Å². The van der Waals surface area contributed by atoms with E-state index in [0.29, 0.717) is 6.54 Å². The smallest absolute Gasteiger partial charge is 0.233 e. The Morgan fingerprint density at radius 3 is 3.05 bits per heavy atom. The first kappa shape index (κ1) is 14.9. The highest BCUT2D eigenvalue weighted by Gasteiger charge is 2.13. The zero-order valence-electron chi connectivity index (χ0n) is 12.5. The number of aryl methyl sites for hydroxylation is 1. The molecule has 1 amide bonds. The molecule has 0 fully saturated rings. The van der Waals surface area contributed by atoms with E-state index in [1.807, 2.05) is 0 Å². The molecule has 0 atom stereocenters. The lowest BCUT2D eigenvalue weighted by atomic mass is 9.99. The van der Waals surface area contributed by atoms with Crippen molar-refractivity contribution in [2.45, 2.75) is 32.7 Å². The van der Waals surface area contributed by atoms with Crippen molar-refractivity contribution in [3.8, 4) is 0 Å². The molecular formula is C16H25N3O. The fourth-order valence-corrected chi connectivity index (χ4v) is 2.60. The minimum Gasteiger partial charge on any atom is -0.374 e. The normalized spacial score (nSPS) is 14.0. The van der Waals surface area contributed by atoms with Crippen molar-refractivity contribution in [1.82, 2.24) is 10.6 Å². The highest BCUT2D eigenvalue weighted by atomic mass is 16.1. The largest absolute Gasteiger partial charge is 0.374 e. The Bertz CT molecular complexity index is 459. The molecular weight excluding hydrogens is 250 g/mol. The minimum absolute atomic E-state index is 0.0737. The van der Waals surface area contributed by atoms with E-state index >= 15 is 0 Å². The number of anilines is 1. The lowest BCUT2D eigenvalue weighted by Gasteiger charge is -2.27. The number of nitrogens with zero attached hydrogens (tertiary/aromatic N) is 1. The Kier molecular flexibility index (Phi) is 5.41. The van der Waals surface area contributed by atoms with E-state index in [2.05, 4.69) is 47.7 Å². The van der Waals surface area contributed by atoms with Crippen molar-refractivity contribution >= 4 is 11.6 Å². The van der Waals surface area contributed by atoms with Crippen LogP contribution >= 0.6 is 0 Å². The molecule has 1 aromatic carbocycles. The highest BCUT2D eigenvalue weighted by molar-refractivity contribution is 5.77. The zero-order valence-corrected chi connectivity index (χ0v) is 12.5. The van der Waals surface area contributed by atoms with Crippen molar-refractivity contribution < 1.29 is 4.79 Å². The Hall–Kier alpha value is -1.55. The number of nitrogens with one attached hydrogen (secondary N) is 2. The predicted molar refractivity (Wildman–Crippen MR) is 83.0 cm³/mol. The van der Waals surface area contributed by atoms with Gasteiger partial charge in [0.1, 0.15) is 0 Å². The van der Waals surface area contributed by atoms with Gasteiger partial charge < -0.3 is 15.5 Å². The van der Waals surface area contributed by atoms with Crippen molar-refractivity contribution in [1.29, 1.82) is 0 Å². The van der Waals surface area contributed by atoms with Gasteiger partial charge in [-0.25, -0.2) is 0 Å². The van der Waals surface area contributed by atoms with E-state index in [1.54, 1.807) is 0 Å². The van der Waals surface area contributed by atoms with Crippen LogP contribution < -0.4 is 15.5 Å². The van der Waals surface area contributed by atoms with Crippen LogP contribution in [0.5, 0.6) is 0 Å². The lowest BCUT2D eigenvalue weighted by Crippen LogP contribution is -2.34. The first-order chi connectivity index (χ1) is 9.70. The van der Waals surface area contributed by atoms with Crippen LogP contribution in [0.25, 0.3) is 0 Å². The van der Waals surface area contributed by atoms with Gasteiger partial charge in [-0.05, 0) is 36.5 Å². The Labute approximate surface area is 121 Å². The topological polar surface area (TPSA) is 44.4 Å². The van der Waals surface area contributed by atoms with E-state index < -0.39 is 0 Å². The van der Waals surface area contributed by atoms with Crippen LogP contribution in [-0.2, 0) is 17.8 Å². The predicted octanol–water partition coefficient (Wildman–Crippen LogP) is 1.68. The van der Waals surface area contributed by atoms with Gasteiger partial charge in [0.15, 0.2) is 0 Å². The van der Waals surface area contributed by atoms with Crippen molar-refractivity contribution in [2.24, 2.45) is 0 Å². The molecule has 20 heavy (non-hydrogen) atoms. The second-order valence-corrected chi connectivity index (χ2v) is 5.44. The molecule has 1 heterocycles. The molecule has 1 aromatic rings. The Morgan fingerprint density at radius 1 is 1.40 bits per heavy atom. The van der Waals surface area contributed by atoms with E-state index in [-0.39, 0.29) is 5.91 Å². The SMILES string of the molecule is CCCNC(=O)CNCc1ccc2c(c1)CCCN2C. The third-order valence-electron chi connectivity index (χ3n) is 3.68. The number of hydrogen-bond acceptors (Lipinski definition) is 3. The number of rotatable bonds is 6. The van der Waals surface area contributed by atoms with Gasteiger partial charge >= 0.3 is 0 Å². The van der Waals surface area contributed by atoms with Crippen LogP contribution in [0.3, 0.4) is 0 Å². The van der Waals surface area contributed by atoms with Gasteiger partial charge in [0.2, 0.25) is 5.91 Å². The number of carbonyl (C=O) groups is 1. The van der Waals surface area contributed by atoms with Crippen molar-refractivity contribution in [3.05, 3.63) is 29.3 Å². The maximum absolute atomic E-state index is 11.5. The molecule has 1 aliphatic heterocycles. The lowest BCUT2D eigenvalue weighted by molar-refractivity contribution is -0.120. The zero-order chi connectivity index (χ0) is 14.4. The van der Waals surface area contributed by atoms with E-state index in [0.717, 1.165) is 32.5 Å². The Morgan fingerprint density at radius 2 is 2.25 bits per heavy atom. The number of hydrogen-bond donors (Lipinski definition) is 2. The summed E-state index contributed by atoms with van der Waals surface area (Å²) in [6.07, 6.45) is 3.36. The summed E-state index contributed by atoms with van der Waals surface area (Å²) in [6.45, 7) is 5.08. The molecule has 2 N–H and O–H groups in total. The Balaban J connectivity index is 1.83. The van der Waals surface area contributed by atoms with E-state index in [9.17, 15) is 4.79 Å². The molecule has 0 aliphatic carbocycles. The summed E-state index contributed by atoms with van der Waals surface area (Å²) in [4.78, 5) is 13.8. The highest BCUT2D eigenvalue weighted by Crippen LogP contribution is 2.26. The third-order valence-corrected chi connectivity index (χ3v) is 3.68. The van der Waals surface area contributed by atoms with Gasteiger partial charge in [0.05, 0.1) is 6.54 Å². The van der Waals surface area contributed by atoms with Gasteiger partial charge in [-0.2, -0.15) is 0 Å². The fourth-order valence-electron chi connectivity index (χ4n) is 2.60. The number of benzene rings is 1. The first-order valence-electron chi connectivity index (χ1n) is 7.51. The molecule has 1 aliphatic rings. The third kappa shape index (κ3) is 3.97. The molecule has 2 rings (SSSR count).